The number of anilines is 1. The first-order valence-electron chi connectivity index (χ1n) is 12.3. The van der Waals surface area contributed by atoms with Crippen LogP contribution in [0, 0.1) is 0 Å². The van der Waals surface area contributed by atoms with Crippen molar-refractivity contribution < 1.29 is 18.3 Å². The average molecular weight is 523 g/mol. The minimum Gasteiger partial charge on any atom is -0.434 e. The minimum absolute atomic E-state index is 0.0109. The van der Waals surface area contributed by atoms with Crippen molar-refractivity contribution in [3.8, 4) is 16.9 Å². The average Bonchev–Trinajstić information content (AvgIpc) is 3.35. The van der Waals surface area contributed by atoms with Crippen LogP contribution in [0.25, 0.3) is 22.0 Å². The topological polar surface area (TPSA) is 94.3 Å². The normalized spacial score (nSPS) is 15.6. The lowest BCUT2D eigenvalue weighted by Crippen LogP contribution is -2.31. The van der Waals surface area contributed by atoms with Gasteiger partial charge in [-0.25, -0.2) is 9.97 Å². The molecule has 5 rings (SSSR count). The molecule has 11 heteroatoms. The van der Waals surface area contributed by atoms with Gasteiger partial charge in [0, 0.05) is 44.2 Å². The zero-order chi connectivity index (χ0) is 27.0. The van der Waals surface area contributed by atoms with Gasteiger partial charge >= 0.3 is 6.61 Å². The number of hydrogen-bond donors (Lipinski definition) is 1. The smallest absolute Gasteiger partial charge is 0.387 e. The summed E-state index contributed by atoms with van der Waals surface area (Å²) in [5.41, 5.74) is 3.48. The first kappa shape index (κ1) is 25.4. The molecule has 0 radical (unpaired) electrons. The van der Waals surface area contributed by atoms with Gasteiger partial charge in [-0.1, -0.05) is 25.1 Å². The van der Waals surface area contributed by atoms with E-state index in [1.165, 1.54) is 4.68 Å². The molecule has 0 aliphatic carbocycles. The number of nitrogens with one attached hydrogen (secondary N) is 1. The molecule has 38 heavy (non-hydrogen) atoms. The Morgan fingerprint density at radius 2 is 1.84 bits per heavy atom. The molecule has 1 saturated heterocycles. The summed E-state index contributed by atoms with van der Waals surface area (Å²) in [5.74, 6) is 0.449. The van der Waals surface area contributed by atoms with Crippen molar-refractivity contribution in [2.24, 2.45) is 7.05 Å². The second-order valence-corrected chi connectivity index (χ2v) is 9.33. The molecule has 1 aliphatic rings. The number of likely N-dealkylation sites (N-methyl/N-ethyl adjacent to an activating group) is 1. The van der Waals surface area contributed by atoms with E-state index in [9.17, 15) is 18.4 Å². The highest BCUT2D eigenvalue weighted by atomic mass is 19.3. The van der Waals surface area contributed by atoms with Gasteiger partial charge in [-0.05, 0) is 42.2 Å². The predicted molar refractivity (Wildman–Crippen MR) is 139 cm³/mol. The van der Waals surface area contributed by atoms with Crippen LogP contribution in [0.3, 0.4) is 0 Å². The van der Waals surface area contributed by atoms with Crippen molar-refractivity contribution in [1.82, 2.24) is 24.2 Å². The van der Waals surface area contributed by atoms with E-state index >= 15 is 0 Å². The quantitative estimate of drug-likeness (QED) is 0.380. The van der Waals surface area contributed by atoms with E-state index in [2.05, 4.69) is 15.3 Å². The van der Waals surface area contributed by atoms with Crippen molar-refractivity contribution in [2.75, 3.05) is 18.9 Å². The number of aryl methyl sites for hydroxylation is 1. The lowest BCUT2D eigenvalue weighted by molar-refractivity contribution is -0.127. The molecule has 0 spiro atoms. The second-order valence-electron chi connectivity index (χ2n) is 9.33. The molecule has 0 bridgehead atoms. The summed E-state index contributed by atoms with van der Waals surface area (Å²) in [6.45, 7) is -0.126. The Labute approximate surface area is 217 Å². The van der Waals surface area contributed by atoms with Gasteiger partial charge in [0.25, 0.3) is 5.56 Å². The lowest BCUT2D eigenvalue weighted by atomic mass is 10.1. The fraction of sp³-hybridized carbons (Fsp3) is 0.333. The highest BCUT2D eigenvalue weighted by Gasteiger charge is 2.29. The van der Waals surface area contributed by atoms with E-state index in [-0.39, 0.29) is 29.8 Å². The highest BCUT2D eigenvalue weighted by Crippen LogP contribution is 2.27. The number of halogens is 2. The molecule has 9 nitrogen and oxygen atoms in total. The van der Waals surface area contributed by atoms with Crippen molar-refractivity contribution in [3.05, 3.63) is 70.3 Å². The van der Waals surface area contributed by atoms with Crippen molar-refractivity contribution in [1.29, 1.82) is 0 Å². The van der Waals surface area contributed by atoms with E-state index < -0.39 is 6.61 Å². The van der Waals surface area contributed by atoms with Crippen molar-refractivity contribution in [2.45, 2.75) is 39.0 Å². The fourth-order valence-electron chi connectivity index (χ4n) is 4.75. The van der Waals surface area contributed by atoms with Crippen LogP contribution in [0.4, 0.5) is 14.7 Å². The summed E-state index contributed by atoms with van der Waals surface area (Å²) in [4.78, 5) is 35.5. The SMILES string of the molecule is CCc1ccc(OC(F)F)c(Cn2c3cc(-c4cnc(NC5CCN(C)C5=O)nc4)ccc3c(=O)n2C)c1. The molecule has 198 valence electrons. The zero-order valence-corrected chi connectivity index (χ0v) is 21.3. The summed E-state index contributed by atoms with van der Waals surface area (Å²) in [6, 6.07) is 10.2. The number of rotatable bonds is 8. The molecule has 4 aromatic rings. The molecule has 1 fully saturated rings. The third kappa shape index (κ3) is 4.83. The summed E-state index contributed by atoms with van der Waals surface area (Å²) in [6.07, 6.45) is 4.73. The Bertz CT molecular complexity index is 1550. The summed E-state index contributed by atoms with van der Waals surface area (Å²) in [7, 11) is 3.41. The molecule has 1 amide bonds. The lowest BCUT2D eigenvalue weighted by Gasteiger charge is -2.15. The summed E-state index contributed by atoms with van der Waals surface area (Å²) in [5, 5.41) is 3.58. The maximum atomic E-state index is 13.1. The Kier molecular flexibility index (Phi) is 6.83. The summed E-state index contributed by atoms with van der Waals surface area (Å²) >= 11 is 0. The van der Waals surface area contributed by atoms with Gasteiger partial charge in [0.15, 0.2) is 0 Å². The number of nitrogens with zero attached hydrogens (tertiary/aromatic N) is 5. The number of carbonyl (C=O) groups is 1. The Balaban J connectivity index is 1.47. The fourth-order valence-corrected chi connectivity index (χ4v) is 4.75. The van der Waals surface area contributed by atoms with E-state index in [1.807, 2.05) is 25.1 Å². The predicted octanol–water partition coefficient (Wildman–Crippen LogP) is 3.65. The van der Waals surface area contributed by atoms with Gasteiger partial charge in [0.2, 0.25) is 11.9 Å². The Morgan fingerprint density at radius 3 is 2.50 bits per heavy atom. The molecular formula is C27H28F2N6O3. The van der Waals surface area contributed by atoms with Gasteiger partial charge in [-0.15, -0.1) is 0 Å². The molecular weight excluding hydrogens is 494 g/mol. The third-order valence-electron chi connectivity index (χ3n) is 6.95. The van der Waals surface area contributed by atoms with Gasteiger partial charge in [-0.3, -0.25) is 19.0 Å². The van der Waals surface area contributed by atoms with Crippen LogP contribution in [0.15, 0.2) is 53.6 Å². The molecule has 3 heterocycles. The van der Waals surface area contributed by atoms with E-state index in [0.29, 0.717) is 35.4 Å². The van der Waals surface area contributed by atoms with Gasteiger partial charge < -0.3 is 15.0 Å². The third-order valence-corrected chi connectivity index (χ3v) is 6.95. The van der Waals surface area contributed by atoms with Crippen LogP contribution in [-0.2, 0) is 24.8 Å². The van der Waals surface area contributed by atoms with Crippen LogP contribution >= 0.6 is 0 Å². The molecule has 1 aliphatic heterocycles. The van der Waals surface area contributed by atoms with Crippen molar-refractivity contribution in [3.63, 3.8) is 0 Å². The van der Waals surface area contributed by atoms with Crippen LogP contribution in [-0.4, -0.2) is 56.4 Å². The Hall–Kier alpha value is -4.28. The van der Waals surface area contributed by atoms with E-state index in [1.54, 1.807) is 54.3 Å². The largest absolute Gasteiger partial charge is 0.434 e. The molecule has 1 unspecified atom stereocenters. The zero-order valence-electron chi connectivity index (χ0n) is 21.3. The maximum Gasteiger partial charge on any atom is 0.387 e. The summed E-state index contributed by atoms with van der Waals surface area (Å²) < 4.78 is 34.1. The number of likely N-dealkylation sites (tertiary alicyclic amines) is 1. The molecule has 1 N–H and O–H groups in total. The van der Waals surface area contributed by atoms with Crippen LogP contribution in [0.2, 0.25) is 0 Å². The number of hydrogen-bond acceptors (Lipinski definition) is 6. The van der Waals surface area contributed by atoms with Gasteiger partial charge in [-0.2, -0.15) is 8.78 Å². The highest BCUT2D eigenvalue weighted by molar-refractivity contribution is 5.86. The van der Waals surface area contributed by atoms with E-state index in [0.717, 1.165) is 23.1 Å². The van der Waals surface area contributed by atoms with Crippen LogP contribution in [0.1, 0.15) is 24.5 Å². The van der Waals surface area contributed by atoms with Crippen molar-refractivity contribution >= 4 is 22.8 Å². The number of ether oxygens (including phenoxy) is 1. The number of benzene rings is 2. The minimum atomic E-state index is -2.96. The first-order valence-corrected chi connectivity index (χ1v) is 12.3. The number of alkyl halides is 2. The number of aromatic nitrogens is 4. The second kappa shape index (κ2) is 10.2. The number of fused-ring (bicyclic) bond motifs is 1. The standard InChI is InChI=1S/C27H28F2N6O3/c1-4-16-5-8-23(38-26(28)29)18(11-16)15-35-22-12-17(6-7-20(22)24(36)34(35)3)19-13-30-27(31-14-19)32-21-9-10-33(2)25(21)37/h5-8,11-14,21,26H,4,9-10,15H2,1-3H3,(H,30,31,32). The van der Waals surface area contributed by atoms with E-state index in [4.69, 9.17) is 4.74 Å². The number of amides is 1. The van der Waals surface area contributed by atoms with Crippen LogP contribution in [0.5, 0.6) is 5.75 Å². The Morgan fingerprint density at radius 1 is 1.08 bits per heavy atom. The maximum absolute atomic E-state index is 13.1. The van der Waals surface area contributed by atoms with Gasteiger partial charge in [0.1, 0.15) is 11.8 Å². The van der Waals surface area contributed by atoms with Gasteiger partial charge in [0.05, 0.1) is 17.4 Å². The first-order chi connectivity index (χ1) is 18.2. The van der Waals surface area contributed by atoms with Crippen LogP contribution < -0.4 is 15.6 Å². The molecule has 0 saturated carbocycles. The molecule has 2 aromatic heterocycles. The molecule has 1 atom stereocenters. The monoisotopic (exact) mass is 522 g/mol. The number of carbonyl (C=O) groups excluding carboxylic acids is 1. The molecule has 2 aromatic carbocycles.